The van der Waals surface area contributed by atoms with Crippen LogP contribution in [0.25, 0.3) is 0 Å². The fourth-order valence-corrected chi connectivity index (χ4v) is 1.96. The molecule has 0 unspecified atom stereocenters. The van der Waals surface area contributed by atoms with Crippen molar-refractivity contribution >= 4 is 27.8 Å². The second-order valence-corrected chi connectivity index (χ2v) is 4.49. The smallest absolute Gasteiger partial charge is 0.323 e. The zero-order chi connectivity index (χ0) is 12.3. The van der Waals surface area contributed by atoms with Gasteiger partial charge in [-0.25, -0.2) is 0 Å². The Bertz CT molecular complexity index is 411. The minimum absolute atomic E-state index is 0.299. The molecule has 1 rings (SSSR count). The van der Waals surface area contributed by atoms with E-state index in [-0.39, 0.29) is 12.5 Å². The van der Waals surface area contributed by atoms with Crippen molar-refractivity contribution in [3.8, 4) is 0 Å². The molecule has 0 saturated heterocycles. The molecule has 0 aromatic heterocycles. The van der Waals surface area contributed by atoms with Gasteiger partial charge in [-0.3, -0.25) is 9.59 Å². The standard InChI is InChI=1S/C11H12BrNO3/c1-7-3-8(5-9(12)4-7)11(16)13(2)6-10(14)15/h3-5H,6H2,1-2H3,(H,14,15). The van der Waals surface area contributed by atoms with Gasteiger partial charge in [-0.05, 0) is 30.7 Å². The van der Waals surface area contributed by atoms with Gasteiger partial charge < -0.3 is 10.0 Å². The topological polar surface area (TPSA) is 57.6 Å². The van der Waals surface area contributed by atoms with Gasteiger partial charge in [-0.1, -0.05) is 15.9 Å². The van der Waals surface area contributed by atoms with E-state index in [0.29, 0.717) is 5.56 Å². The summed E-state index contributed by atoms with van der Waals surface area (Å²) in [6, 6.07) is 5.28. The van der Waals surface area contributed by atoms with Crippen molar-refractivity contribution in [1.29, 1.82) is 0 Å². The van der Waals surface area contributed by atoms with E-state index in [1.54, 1.807) is 12.1 Å². The minimum Gasteiger partial charge on any atom is -0.480 e. The summed E-state index contributed by atoms with van der Waals surface area (Å²) in [5, 5.41) is 8.59. The Morgan fingerprint density at radius 2 is 2.00 bits per heavy atom. The number of carbonyl (C=O) groups excluding carboxylic acids is 1. The third-order valence-corrected chi connectivity index (χ3v) is 2.47. The number of benzene rings is 1. The number of nitrogens with zero attached hydrogens (tertiary/aromatic N) is 1. The van der Waals surface area contributed by atoms with Crippen LogP contribution in [0.5, 0.6) is 0 Å². The Kier molecular flexibility index (Phi) is 4.06. The fraction of sp³-hybridized carbons (Fsp3) is 0.273. The largest absolute Gasteiger partial charge is 0.480 e. The molecular weight excluding hydrogens is 274 g/mol. The van der Waals surface area contributed by atoms with Crippen molar-refractivity contribution in [3.63, 3.8) is 0 Å². The number of aryl methyl sites for hydroxylation is 1. The van der Waals surface area contributed by atoms with E-state index >= 15 is 0 Å². The van der Waals surface area contributed by atoms with Crippen molar-refractivity contribution in [1.82, 2.24) is 4.90 Å². The summed E-state index contributed by atoms with van der Waals surface area (Å²) < 4.78 is 0.805. The molecule has 4 nitrogen and oxygen atoms in total. The lowest BCUT2D eigenvalue weighted by molar-refractivity contribution is -0.137. The number of hydrogen-bond donors (Lipinski definition) is 1. The van der Waals surface area contributed by atoms with Crippen LogP contribution in [0.4, 0.5) is 0 Å². The Balaban J connectivity index is 2.91. The molecule has 0 saturated carbocycles. The molecule has 86 valence electrons. The van der Waals surface area contributed by atoms with Crippen LogP contribution in [0.1, 0.15) is 15.9 Å². The molecule has 0 aliphatic carbocycles. The summed E-state index contributed by atoms with van der Waals surface area (Å²) in [6.07, 6.45) is 0. The van der Waals surface area contributed by atoms with Crippen molar-refractivity contribution in [3.05, 3.63) is 33.8 Å². The van der Waals surface area contributed by atoms with Crippen LogP contribution in [0.15, 0.2) is 22.7 Å². The van der Waals surface area contributed by atoms with Crippen LogP contribution >= 0.6 is 15.9 Å². The Labute approximate surface area is 102 Å². The molecule has 0 fully saturated rings. The zero-order valence-corrected chi connectivity index (χ0v) is 10.6. The highest BCUT2D eigenvalue weighted by atomic mass is 79.9. The van der Waals surface area contributed by atoms with E-state index in [1.165, 1.54) is 11.9 Å². The first-order valence-electron chi connectivity index (χ1n) is 4.64. The third-order valence-electron chi connectivity index (χ3n) is 2.01. The molecule has 1 aromatic rings. The fourth-order valence-electron chi connectivity index (χ4n) is 1.35. The maximum atomic E-state index is 11.8. The average Bonchev–Trinajstić information content (AvgIpc) is 2.13. The van der Waals surface area contributed by atoms with Gasteiger partial charge in [-0.2, -0.15) is 0 Å². The molecule has 0 heterocycles. The van der Waals surface area contributed by atoms with Gasteiger partial charge in [0.1, 0.15) is 6.54 Å². The van der Waals surface area contributed by atoms with Crippen molar-refractivity contribution in [2.24, 2.45) is 0 Å². The molecule has 1 N–H and O–H groups in total. The van der Waals surface area contributed by atoms with Crippen LogP contribution in [-0.2, 0) is 4.79 Å². The number of carboxylic acids is 1. The predicted molar refractivity (Wildman–Crippen MR) is 63.5 cm³/mol. The van der Waals surface area contributed by atoms with Gasteiger partial charge in [-0.15, -0.1) is 0 Å². The molecule has 1 amide bonds. The molecule has 0 radical (unpaired) electrons. The van der Waals surface area contributed by atoms with Crippen molar-refractivity contribution < 1.29 is 14.7 Å². The maximum Gasteiger partial charge on any atom is 0.323 e. The molecule has 5 heteroatoms. The van der Waals surface area contributed by atoms with E-state index in [9.17, 15) is 9.59 Å². The van der Waals surface area contributed by atoms with Crippen molar-refractivity contribution in [2.45, 2.75) is 6.92 Å². The van der Waals surface area contributed by atoms with Gasteiger partial charge in [0.05, 0.1) is 0 Å². The van der Waals surface area contributed by atoms with E-state index < -0.39 is 5.97 Å². The predicted octanol–water partition coefficient (Wildman–Crippen LogP) is 1.91. The number of carbonyl (C=O) groups is 2. The molecule has 0 bridgehead atoms. The lowest BCUT2D eigenvalue weighted by Gasteiger charge is -2.15. The van der Waals surface area contributed by atoms with E-state index in [1.807, 2.05) is 13.0 Å². The lowest BCUT2D eigenvalue weighted by Crippen LogP contribution is -2.31. The summed E-state index contributed by atoms with van der Waals surface area (Å²) in [7, 11) is 1.46. The number of hydrogen-bond acceptors (Lipinski definition) is 2. The molecule has 0 atom stereocenters. The molecule has 16 heavy (non-hydrogen) atoms. The Hall–Kier alpha value is -1.36. The summed E-state index contributed by atoms with van der Waals surface area (Å²) in [4.78, 5) is 23.5. The Morgan fingerprint density at radius 3 is 2.50 bits per heavy atom. The van der Waals surface area contributed by atoms with Gasteiger partial charge in [0.2, 0.25) is 0 Å². The normalized spacial score (nSPS) is 9.94. The highest BCUT2D eigenvalue weighted by Crippen LogP contribution is 2.16. The van der Waals surface area contributed by atoms with E-state index in [2.05, 4.69) is 15.9 Å². The molecule has 0 aliphatic heterocycles. The highest BCUT2D eigenvalue weighted by Gasteiger charge is 2.14. The van der Waals surface area contributed by atoms with Crippen LogP contribution < -0.4 is 0 Å². The maximum absolute atomic E-state index is 11.8. The first-order valence-corrected chi connectivity index (χ1v) is 5.44. The van der Waals surface area contributed by atoms with Crippen molar-refractivity contribution in [2.75, 3.05) is 13.6 Å². The summed E-state index contributed by atoms with van der Waals surface area (Å²) >= 11 is 3.29. The van der Waals surface area contributed by atoms with E-state index in [0.717, 1.165) is 10.0 Å². The summed E-state index contributed by atoms with van der Waals surface area (Å²) in [6.45, 7) is 1.57. The number of likely N-dealkylation sites (N-methyl/N-ethyl adjacent to an activating group) is 1. The van der Waals surface area contributed by atoms with E-state index in [4.69, 9.17) is 5.11 Å². The zero-order valence-electron chi connectivity index (χ0n) is 9.03. The average molecular weight is 286 g/mol. The summed E-state index contributed by atoms with van der Waals surface area (Å²) in [5.41, 5.74) is 1.43. The number of amides is 1. The number of carboxylic acid groups (broad SMARTS) is 1. The second-order valence-electron chi connectivity index (χ2n) is 3.57. The lowest BCUT2D eigenvalue weighted by atomic mass is 10.1. The number of halogens is 1. The van der Waals surface area contributed by atoms with Gasteiger partial charge in [0.15, 0.2) is 0 Å². The molecule has 1 aromatic carbocycles. The van der Waals surface area contributed by atoms with Crippen LogP contribution in [0.3, 0.4) is 0 Å². The SMILES string of the molecule is Cc1cc(Br)cc(C(=O)N(C)CC(=O)O)c1. The van der Waals surface area contributed by atoms with Gasteiger partial charge >= 0.3 is 5.97 Å². The molecule has 0 spiro atoms. The number of aliphatic carboxylic acids is 1. The van der Waals surface area contributed by atoms with Crippen LogP contribution in [-0.4, -0.2) is 35.5 Å². The first kappa shape index (κ1) is 12.7. The number of rotatable bonds is 3. The van der Waals surface area contributed by atoms with Gasteiger partial charge in [0.25, 0.3) is 5.91 Å². The minimum atomic E-state index is -1.03. The summed E-state index contributed by atoms with van der Waals surface area (Å²) in [5.74, 6) is -1.32. The quantitative estimate of drug-likeness (QED) is 0.923. The van der Waals surface area contributed by atoms with Crippen LogP contribution in [0, 0.1) is 6.92 Å². The van der Waals surface area contributed by atoms with Gasteiger partial charge in [0, 0.05) is 17.1 Å². The monoisotopic (exact) mass is 285 g/mol. The third kappa shape index (κ3) is 3.34. The highest BCUT2D eigenvalue weighted by molar-refractivity contribution is 9.10. The van der Waals surface area contributed by atoms with Crippen LogP contribution in [0.2, 0.25) is 0 Å². The Morgan fingerprint density at radius 1 is 1.38 bits per heavy atom. The first-order chi connectivity index (χ1) is 7.40. The second kappa shape index (κ2) is 5.12. The molecular formula is C11H12BrNO3. The molecule has 0 aliphatic rings.